The maximum Gasteiger partial charge on any atom is 0.119 e. The standard InChI is InChI=1S/C13H21NO2/c1-4-12(10-15-2)14-9-11-6-5-7-13(8-11)16-3/h5-8,12,14H,4,9-10H2,1-3H3. The van der Waals surface area contributed by atoms with E-state index in [4.69, 9.17) is 9.47 Å². The normalized spacial score (nSPS) is 12.4. The van der Waals surface area contributed by atoms with Gasteiger partial charge in [0.2, 0.25) is 0 Å². The van der Waals surface area contributed by atoms with Gasteiger partial charge in [-0.05, 0) is 24.1 Å². The lowest BCUT2D eigenvalue weighted by Gasteiger charge is -2.16. The van der Waals surface area contributed by atoms with Crippen LogP contribution in [0.1, 0.15) is 18.9 Å². The van der Waals surface area contributed by atoms with Gasteiger partial charge in [-0.2, -0.15) is 0 Å². The minimum Gasteiger partial charge on any atom is -0.497 e. The van der Waals surface area contributed by atoms with Crippen LogP contribution in [0.4, 0.5) is 0 Å². The highest BCUT2D eigenvalue weighted by Crippen LogP contribution is 2.12. The lowest BCUT2D eigenvalue weighted by molar-refractivity contribution is 0.164. The summed E-state index contributed by atoms with van der Waals surface area (Å²) in [5.74, 6) is 0.902. The van der Waals surface area contributed by atoms with E-state index in [9.17, 15) is 0 Å². The van der Waals surface area contributed by atoms with Crippen LogP contribution in [0.3, 0.4) is 0 Å². The van der Waals surface area contributed by atoms with Crippen LogP contribution in [-0.4, -0.2) is 26.9 Å². The number of methoxy groups -OCH3 is 2. The Morgan fingerprint density at radius 1 is 1.31 bits per heavy atom. The summed E-state index contributed by atoms with van der Waals surface area (Å²) in [6.07, 6.45) is 1.07. The van der Waals surface area contributed by atoms with Gasteiger partial charge in [0.25, 0.3) is 0 Å². The molecule has 0 amide bonds. The van der Waals surface area contributed by atoms with Crippen molar-refractivity contribution in [2.45, 2.75) is 25.9 Å². The Morgan fingerprint density at radius 3 is 2.75 bits per heavy atom. The van der Waals surface area contributed by atoms with Crippen molar-refractivity contribution >= 4 is 0 Å². The van der Waals surface area contributed by atoms with E-state index in [1.165, 1.54) is 5.56 Å². The summed E-state index contributed by atoms with van der Waals surface area (Å²) in [7, 11) is 3.42. The molecule has 1 atom stereocenters. The van der Waals surface area contributed by atoms with E-state index < -0.39 is 0 Å². The minimum absolute atomic E-state index is 0.413. The molecule has 1 aromatic rings. The predicted molar refractivity (Wildman–Crippen MR) is 65.8 cm³/mol. The fourth-order valence-corrected chi connectivity index (χ4v) is 1.57. The molecular weight excluding hydrogens is 202 g/mol. The summed E-state index contributed by atoms with van der Waals surface area (Å²) in [6.45, 7) is 3.75. The molecule has 0 bridgehead atoms. The van der Waals surface area contributed by atoms with Gasteiger partial charge in [-0.15, -0.1) is 0 Å². The average molecular weight is 223 g/mol. The first-order valence-corrected chi connectivity index (χ1v) is 5.65. The van der Waals surface area contributed by atoms with E-state index in [-0.39, 0.29) is 0 Å². The van der Waals surface area contributed by atoms with Crippen LogP contribution >= 0.6 is 0 Å². The smallest absolute Gasteiger partial charge is 0.119 e. The van der Waals surface area contributed by atoms with Crippen molar-refractivity contribution in [3.8, 4) is 5.75 Å². The number of hydrogen-bond acceptors (Lipinski definition) is 3. The zero-order chi connectivity index (χ0) is 11.8. The number of benzene rings is 1. The summed E-state index contributed by atoms with van der Waals surface area (Å²) in [5, 5.41) is 3.46. The van der Waals surface area contributed by atoms with Crippen LogP contribution in [0.5, 0.6) is 5.75 Å². The molecule has 3 nitrogen and oxygen atoms in total. The third-order valence-electron chi connectivity index (χ3n) is 2.59. The molecule has 1 N–H and O–H groups in total. The fraction of sp³-hybridized carbons (Fsp3) is 0.538. The van der Waals surface area contributed by atoms with Gasteiger partial charge in [0, 0.05) is 19.7 Å². The molecule has 1 unspecified atom stereocenters. The monoisotopic (exact) mass is 223 g/mol. The number of hydrogen-bond donors (Lipinski definition) is 1. The van der Waals surface area contributed by atoms with Crippen molar-refractivity contribution in [3.63, 3.8) is 0 Å². The van der Waals surface area contributed by atoms with Gasteiger partial charge in [-0.25, -0.2) is 0 Å². The van der Waals surface area contributed by atoms with E-state index >= 15 is 0 Å². The van der Waals surface area contributed by atoms with E-state index in [0.29, 0.717) is 6.04 Å². The van der Waals surface area contributed by atoms with Crippen LogP contribution in [0.2, 0.25) is 0 Å². The topological polar surface area (TPSA) is 30.5 Å². The second-order valence-electron chi connectivity index (χ2n) is 3.79. The molecule has 0 aliphatic heterocycles. The maximum atomic E-state index is 5.18. The first kappa shape index (κ1) is 13.0. The molecule has 16 heavy (non-hydrogen) atoms. The summed E-state index contributed by atoms with van der Waals surface area (Å²) < 4.78 is 10.3. The Labute approximate surface area is 97.8 Å². The van der Waals surface area contributed by atoms with Crippen molar-refractivity contribution < 1.29 is 9.47 Å². The van der Waals surface area contributed by atoms with Gasteiger partial charge in [-0.3, -0.25) is 0 Å². The third-order valence-corrected chi connectivity index (χ3v) is 2.59. The van der Waals surface area contributed by atoms with Gasteiger partial charge in [0.1, 0.15) is 5.75 Å². The van der Waals surface area contributed by atoms with Crippen molar-refractivity contribution in [2.24, 2.45) is 0 Å². The Balaban J connectivity index is 2.46. The Morgan fingerprint density at radius 2 is 2.12 bits per heavy atom. The largest absolute Gasteiger partial charge is 0.497 e. The zero-order valence-electron chi connectivity index (χ0n) is 10.3. The molecule has 0 fully saturated rings. The van der Waals surface area contributed by atoms with Crippen LogP contribution in [-0.2, 0) is 11.3 Å². The van der Waals surface area contributed by atoms with Crippen molar-refractivity contribution in [3.05, 3.63) is 29.8 Å². The minimum atomic E-state index is 0.413. The highest BCUT2D eigenvalue weighted by atomic mass is 16.5. The molecule has 0 aromatic heterocycles. The summed E-state index contributed by atoms with van der Waals surface area (Å²) >= 11 is 0. The molecule has 1 rings (SSSR count). The second kappa shape index (κ2) is 7.25. The van der Waals surface area contributed by atoms with Gasteiger partial charge in [0.15, 0.2) is 0 Å². The molecule has 90 valence electrons. The van der Waals surface area contributed by atoms with Crippen LogP contribution in [0, 0.1) is 0 Å². The molecular formula is C13H21NO2. The molecule has 0 saturated heterocycles. The van der Waals surface area contributed by atoms with Gasteiger partial charge in [0.05, 0.1) is 13.7 Å². The summed E-state index contributed by atoms with van der Waals surface area (Å²) in [4.78, 5) is 0. The maximum absolute atomic E-state index is 5.18. The zero-order valence-corrected chi connectivity index (χ0v) is 10.3. The predicted octanol–water partition coefficient (Wildman–Crippen LogP) is 2.21. The van der Waals surface area contributed by atoms with E-state index in [1.807, 2.05) is 18.2 Å². The fourth-order valence-electron chi connectivity index (χ4n) is 1.57. The lowest BCUT2D eigenvalue weighted by Crippen LogP contribution is -2.31. The first-order valence-electron chi connectivity index (χ1n) is 5.65. The first-order chi connectivity index (χ1) is 7.80. The second-order valence-corrected chi connectivity index (χ2v) is 3.79. The Bertz CT molecular complexity index is 302. The van der Waals surface area contributed by atoms with E-state index in [2.05, 4.69) is 18.3 Å². The van der Waals surface area contributed by atoms with Gasteiger partial charge >= 0.3 is 0 Å². The number of nitrogens with one attached hydrogen (secondary N) is 1. The van der Waals surface area contributed by atoms with E-state index in [1.54, 1.807) is 14.2 Å². The van der Waals surface area contributed by atoms with Crippen molar-refractivity contribution in [1.29, 1.82) is 0 Å². The Hall–Kier alpha value is -1.06. The highest BCUT2D eigenvalue weighted by molar-refractivity contribution is 5.28. The molecule has 0 heterocycles. The van der Waals surface area contributed by atoms with Crippen molar-refractivity contribution in [2.75, 3.05) is 20.8 Å². The van der Waals surface area contributed by atoms with Crippen LogP contribution < -0.4 is 10.1 Å². The Kier molecular flexibility index (Phi) is 5.90. The highest BCUT2D eigenvalue weighted by Gasteiger charge is 2.04. The average Bonchev–Trinajstić information content (AvgIpc) is 2.34. The van der Waals surface area contributed by atoms with E-state index in [0.717, 1.165) is 25.3 Å². The van der Waals surface area contributed by atoms with Gasteiger partial charge in [-0.1, -0.05) is 19.1 Å². The molecule has 0 radical (unpaired) electrons. The van der Waals surface area contributed by atoms with Crippen molar-refractivity contribution in [1.82, 2.24) is 5.32 Å². The number of rotatable bonds is 7. The number of ether oxygens (including phenoxy) is 2. The van der Waals surface area contributed by atoms with Crippen LogP contribution in [0.15, 0.2) is 24.3 Å². The molecule has 0 aliphatic rings. The van der Waals surface area contributed by atoms with Crippen LogP contribution in [0.25, 0.3) is 0 Å². The molecule has 1 aromatic carbocycles. The quantitative estimate of drug-likeness (QED) is 0.768. The lowest BCUT2D eigenvalue weighted by atomic mass is 10.2. The molecule has 3 heteroatoms. The molecule has 0 spiro atoms. The van der Waals surface area contributed by atoms with Gasteiger partial charge < -0.3 is 14.8 Å². The third kappa shape index (κ3) is 4.21. The summed E-state index contributed by atoms with van der Waals surface area (Å²) in [6, 6.07) is 8.51. The molecule has 0 saturated carbocycles. The summed E-state index contributed by atoms with van der Waals surface area (Å²) in [5.41, 5.74) is 1.23. The SMILES string of the molecule is CCC(COC)NCc1cccc(OC)c1. The molecule has 0 aliphatic carbocycles.